The van der Waals surface area contributed by atoms with Crippen molar-refractivity contribution in [2.24, 2.45) is 5.92 Å². The van der Waals surface area contributed by atoms with Crippen molar-refractivity contribution >= 4 is 24.2 Å². The van der Waals surface area contributed by atoms with Crippen LogP contribution in [0.15, 0.2) is 0 Å². The fourth-order valence-electron chi connectivity index (χ4n) is 2.17. The third kappa shape index (κ3) is 6.78. The Bertz CT molecular complexity index is 281. The largest absolute Gasteiger partial charge is 0.355 e. The van der Waals surface area contributed by atoms with E-state index in [1.165, 1.54) is 6.42 Å². The quantitative estimate of drug-likeness (QED) is 0.760. The number of nitrogens with one attached hydrogen (secondary N) is 2. The van der Waals surface area contributed by atoms with Gasteiger partial charge in [0, 0.05) is 38.5 Å². The second-order valence-electron chi connectivity index (χ2n) is 4.94. The summed E-state index contributed by atoms with van der Waals surface area (Å²) in [5.41, 5.74) is 0. The fourth-order valence-corrected chi connectivity index (χ4v) is 2.17. The monoisotopic (exact) mass is 291 g/mol. The highest BCUT2D eigenvalue weighted by atomic mass is 35.5. The van der Waals surface area contributed by atoms with E-state index in [0.717, 1.165) is 25.9 Å². The van der Waals surface area contributed by atoms with Crippen LogP contribution in [0.4, 0.5) is 0 Å². The molecule has 0 saturated carbocycles. The van der Waals surface area contributed by atoms with Crippen molar-refractivity contribution < 1.29 is 9.59 Å². The molecule has 1 unspecified atom stereocenters. The Morgan fingerprint density at radius 1 is 1.21 bits per heavy atom. The molecular weight excluding hydrogens is 266 g/mol. The number of amides is 2. The van der Waals surface area contributed by atoms with Crippen molar-refractivity contribution in [3.8, 4) is 0 Å². The van der Waals surface area contributed by atoms with E-state index in [2.05, 4.69) is 10.6 Å². The molecule has 0 aromatic rings. The molecule has 1 atom stereocenters. The summed E-state index contributed by atoms with van der Waals surface area (Å²) in [6.07, 6.45) is 3.86. The average Bonchev–Trinajstić information content (AvgIpc) is 2.39. The first-order valence-electron chi connectivity index (χ1n) is 6.85. The van der Waals surface area contributed by atoms with Gasteiger partial charge in [0.1, 0.15) is 0 Å². The molecule has 0 aromatic carbocycles. The molecule has 5 nitrogen and oxygen atoms in total. The Hall–Kier alpha value is -0.810. The van der Waals surface area contributed by atoms with Gasteiger partial charge in [0.05, 0.1) is 0 Å². The number of carbonyl (C=O) groups excluding carboxylic acids is 2. The summed E-state index contributed by atoms with van der Waals surface area (Å²) in [7, 11) is 1.82. The standard InChI is InChI=1S/C13H25N3O2.ClH/c1-11(10-14-2)13(18)15-7-6-12(17)16-8-4-3-5-9-16;/h11,14H,3-10H2,1-2H3,(H,15,18);1H. The highest BCUT2D eigenvalue weighted by Gasteiger charge is 2.17. The van der Waals surface area contributed by atoms with Crippen molar-refractivity contribution in [3.05, 3.63) is 0 Å². The number of hydrogen-bond acceptors (Lipinski definition) is 3. The molecule has 0 radical (unpaired) electrons. The van der Waals surface area contributed by atoms with Crippen molar-refractivity contribution in [3.63, 3.8) is 0 Å². The first-order chi connectivity index (χ1) is 8.65. The first kappa shape index (κ1) is 18.2. The van der Waals surface area contributed by atoms with Crippen LogP contribution in [0.2, 0.25) is 0 Å². The van der Waals surface area contributed by atoms with Crippen LogP contribution in [-0.2, 0) is 9.59 Å². The lowest BCUT2D eigenvalue weighted by molar-refractivity contribution is -0.132. The van der Waals surface area contributed by atoms with Crippen molar-refractivity contribution in [1.82, 2.24) is 15.5 Å². The van der Waals surface area contributed by atoms with Gasteiger partial charge in [-0.3, -0.25) is 9.59 Å². The summed E-state index contributed by atoms with van der Waals surface area (Å²) in [5, 5.41) is 5.77. The van der Waals surface area contributed by atoms with E-state index < -0.39 is 0 Å². The van der Waals surface area contributed by atoms with Crippen LogP contribution in [0, 0.1) is 5.92 Å². The second-order valence-corrected chi connectivity index (χ2v) is 4.94. The summed E-state index contributed by atoms with van der Waals surface area (Å²) in [4.78, 5) is 25.4. The average molecular weight is 292 g/mol. The van der Waals surface area contributed by atoms with Gasteiger partial charge in [0.25, 0.3) is 0 Å². The summed E-state index contributed by atoms with van der Waals surface area (Å²) in [6.45, 7) is 4.73. The van der Waals surface area contributed by atoms with Gasteiger partial charge in [0.15, 0.2) is 0 Å². The number of rotatable bonds is 6. The van der Waals surface area contributed by atoms with Gasteiger partial charge in [0.2, 0.25) is 11.8 Å². The third-order valence-electron chi connectivity index (χ3n) is 3.30. The zero-order valence-electron chi connectivity index (χ0n) is 11.9. The highest BCUT2D eigenvalue weighted by molar-refractivity contribution is 5.85. The minimum atomic E-state index is -0.0555. The van der Waals surface area contributed by atoms with Gasteiger partial charge in [-0.05, 0) is 26.3 Å². The zero-order valence-corrected chi connectivity index (χ0v) is 12.7. The molecule has 1 rings (SSSR count). The molecule has 0 bridgehead atoms. The molecule has 112 valence electrons. The van der Waals surface area contributed by atoms with Gasteiger partial charge in [-0.25, -0.2) is 0 Å². The lowest BCUT2D eigenvalue weighted by Gasteiger charge is -2.26. The zero-order chi connectivity index (χ0) is 13.4. The van der Waals surface area contributed by atoms with Gasteiger partial charge in [-0.2, -0.15) is 0 Å². The van der Waals surface area contributed by atoms with Gasteiger partial charge in [-0.1, -0.05) is 6.92 Å². The molecule has 1 aliphatic heterocycles. The predicted molar refractivity (Wildman–Crippen MR) is 78.4 cm³/mol. The molecule has 6 heteroatoms. The van der Waals surface area contributed by atoms with Crippen molar-refractivity contribution in [2.45, 2.75) is 32.6 Å². The topological polar surface area (TPSA) is 61.4 Å². The van der Waals surface area contributed by atoms with E-state index in [9.17, 15) is 9.59 Å². The molecular formula is C13H26ClN3O2. The van der Waals surface area contributed by atoms with E-state index in [1.54, 1.807) is 0 Å². The number of likely N-dealkylation sites (tertiary alicyclic amines) is 1. The number of hydrogen-bond donors (Lipinski definition) is 2. The normalized spacial score (nSPS) is 16.4. The molecule has 2 N–H and O–H groups in total. The predicted octanol–water partition coefficient (Wildman–Crippen LogP) is 0.782. The Morgan fingerprint density at radius 3 is 2.42 bits per heavy atom. The Labute approximate surface area is 121 Å². The second kappa shape index (κ2) is 10.0. The van der Waals surface area contributed by atoms with Crippen LogP contribution in [0.25, 0.3) is 0 Å². The molecule has 0 aliphatic carbocycles. The Morgan fingerprint density at radius 2 is 1.84 bits per heavy atom. The molecule has 0 spiro atoms. The van der Waals surface area contributed by atoms with Crippen LogP contribution in [0.1, 0.15) is 32.6 Å². The maximum Gasteiger partial charge on any atom is 0.224 e. The van der Waals surface area contributed by atoms with Crippen LogP contribution in [0.3, 0.4) is 0 Å². The number of piperidine rings is 1. The molecule has 1 aliphatic rings. The smallest absolute Gasteiger partial charge is 0.224 e. The summed E-state index contributed by atoms with van der Waals surface area (Å²) >= 11 is 0. The van der Waals surface area contributed by atoms with E-state index >= 15 is 0 Å². The highest BCUT2D eigenvalue weighted by Crippen LogP contribution is 2.09. The lowest BCUT2D eigenvalue weighted by Crippen LogP contribution is -2.39. The van der Waals surface area contributed by atoms with Gasteiger partial charge >= 0.3 is 0 Å². The maximum absolute atomic E-state index is 11.8. The van der Waals surface area contributed by atoms with E-state index in [4.69, 9.17) is 0 Å². The molecule has 1 heterocycles. The minimum absolute atomic E-state index is 0. The SMILES string of the molecule is CNCC(C)C(=O)NCCC(=O)N1CCCCC1.Cl. The molecule has 19 heavy (non-hydrogen) atoms. The van der Waals surface area contributed by atoms with Crippen LogP contribution in [0.5, 0.6) is 0 Å². The van der Waals surface area contributed by atoms with Crippen molar-refractivity contribution in [2.75, 3.05) is 33.2 Å². The first-order valence-corrected chi connectivity index (χ1v) is 6.85. The van der Waals surface area contributed by atoms with Crippen LogP contribution < -0.4 is 10.6 Å². The molecule has 2 amide bonds. The van der Waals surface area contributed by atoms with E-state index in [1.807, 2.05) is 18.9 Å². The van der Waals surface area contributed by atoms with Gasteiger partial charge < -0.3 is 15.5 Å². The van der Waals surface area contributed by atoms with Crippen LogP contribution >= 0.6 is 12.4 Å². The lowest BCUT2D eigenvalue weighted by atomic mass is 10.1. The van der Waals surface area contributed by atoms with Crippen LogP contribution in [-0.4, -0.2) is 49.9 Å². The fraction of sp³-hybridized carbons (Fsp3) is 0.846. The minimum Gasteiger partial charge on any atom is -0.355 e. The Kier molecular flexibility index (Phi) is 9.61. The van der Waals surface area contributed by atoms with Gasteiger partial charge in [-0.15, -0.1) is 12.4 Å². The molecule has 1 saturated heterocycles. The summed E-state index contributed by atoms with van der Waals surface area (Å²) in [5.74, 6) is 0.118. The maximum atomic E-state index is 11.8. The molecule has 0 aromatic heterocycles. The summed E-state index contributed by atoms with van der Waals surface area (Å²) in [6, 6.07) is 0. The number of carbonyl (C=O) groups is 2. The number of nitrogens with zero attached hydrogens (tertiary/aromatic N) is 1. The van der Waals surface area contributed by atoms with E-state index in [-0.39, 0.29) is 30.1 Å². The van der Waals surface area contributed by atoms with Crippen molar-refractivity contribution in [1.29, 1.82) is 0 Å². The molecule has 1 fully saturated rings. The Balaban J connectivity index is 0.00000324. The van der Waals surface area contributed by atoms with E-state index in [0.29, 0.717) is 19.5 Å². The summed E-state index contributed by atoms with van der Waals surface area (Å²) < 4.78 is 0. The number of halogens is 1. The third-order valence-corrected chi connectivity index (χ3v) is 3.30.